The average molecular weight is 529 g/mol. The summed E-state index contributed by atoms with van der Waals surface area (Å²) in [6, 6.07) is 9.74. The highest BCUT2D eigenvalue weighted by Gasteiger charge is 2.44. The molecule has 9 nitrogen and oxygen atoms in total. The van der Waals surface area contributed by atoms with Gasteiger partial charge < -0.3 is 30.3 Å². The summed E-state index contributed by atoms with van der Waals surface area (Å²) in [5, 5.41) is 5.02. The number of ether oxygens (including phenoxy) is 2. The number of carbonyl (C=O) groups excluding carboxylic acids is 3. The van der Waals surface area contributed by atoms with E-state index in [0.29, 0.717) is 35.8 Å². The van der Waals surface area contributed by atoms with Crippen molar-refractivity contribution < 1.29 is 23.9 Å². The van der Waals surface area contributed by atoms with Gasteiger partial charge in [-0.1, -0.05) is 12.1 Å². The Labute approximate surface area is 221 Å². The number of methoxy groups -OCH3 is 2. The summed E-state index contributed by atoms with van der Waals surface area (Å²) in [5.74, 6) is 0.000792. The highest BCUT2D eigenvalue weighted by Crippen LogP contribution is 2.28. The minimum absolute atomic E-state index is 0.0393. The highest BCUT2D eigenvalue weighted by molar-refractivity contribution is 7.12. The van der Waals surface area contributed by atoms with Gasteiger partial charge in [0.25, 0.3) is 11.8 Å². The number of carbonyl (C=O) groups is 3. The van der Waals surface area contributed by atoms with E-state index >= 15 is 0 Å². The summed E-state index contributed by atoms with van der Waals surface area (Å²) >= 11 is 1.37. The van der Waals surface area contributed by atoms with E-state index in [1.54, 1.807) is 54.4 Å². The zero-order chi connectivity index (χ0) is 26.4. The van der Waals surface area contributed by atoms with Crippen LogP contribution in [0, 0.1) is 0 Å². The Morgan fingerprint density at radius 1 is 1.14 bits per heavy atom. The van der Waals surface area contributed by atoms with E-state index in [9.17, 15) is 14.4 Å². The second-order valence-corrected chi connectivity index (χ2v) is 10.6. The van der Waals surface area contributed by atoms with Crippen molar-refractivity contribution in [1.82, 2.24) is 15.1 Å². The third kappa shape index (κ3) is 6.49. The first-order valence-corrected chi connectivity index (χ1v) is 13.6. The van der Waals surface area contributed by atoms with Gasteiger partial charge in [-0.3, -0.25) is 14.4 Å². The first kappa shape index (κ1) is 27.1. The van der Waals surface area contributed by atoms with Crippen molar-refractivity contribution in [1.29, 1.82) is 0 Å². The van der Waals surface area contributed by atoms with Crippen LogP contribution in [0.15, 0.2) is 41.8 Å². The van der Waals surface area contributed by atoms with Gasteiger partial charge in [0, 0.05) is 37.8 Å². The van der Waals surface area contributed by atoms with Gasteiger partial charge in [-0.05, 0) is 61.7 Å². The molecular weight excluding hydrogens is 492 g/mol. The molecule has 1 saturated carbocycles. The number of nitrogens with two attached hydrogens (primary N) is 1. The van der Waals surface area contributed by atoms with E-state index in [-0.39, 0.29) is 42.4 Å². The fourth-order valence-electron chi connectivity index (χ4n) is 5.18. The largest absolute Gasteiger partial charge is 0.497 e. The number of hydrogen-bond donors (Lipinski definition) is 2. The molecule has 1 aliphatic heterocycles. The van der Waals surface area contributed by atoms with Crippen molar-refractivity contribution >= 4 is 29.1 Å². The highest BCUT2D eigenvalue weighted by atomic mass is 32.1. The Morgan fingerprint density at radius 2 is 1.92 bits per heavy atom. The number of likely N-dealkylation sites (tertiary alicyclic amines) is 1. The smallest absolute Gasteiger partial charge is 0.264 e. The standard InChI is InChI=1S/C27H36N4O5S/c1-35-13-12-30(27(34)24-7-4-14-37-24)21-16-23(25(32)29-20-10-8-19(28)9-11-20)31(17-21)26(33)18-5-3-6-22(15-18)36-2/h3-7,14-15,19-21,23H,8-13,16-17,28H2,1-2H3,(H,29,32). The van der Waals surface area contributed by atoms with E-state index in [4.69, 9.17) is 15.2 Å². The molecule has 4 rings (SSSR count). The Bertz CT molecular complexity index is 1070. The zero-order valence-electron chi connectivity index (χ0n) is 21.4. The maximum Gasteiger partial charge on any atom is 0.264 e. The molecule has 2 heterocycles. The Balaban J connectivity index is 1.59. The molecule has 37 heavy (non-hydrogen) atoms. The zero-order valence-corrected chi connectivity index (χ0v) is 22.2. The van der Waals surface area contributed by atoms with Crippen LogP contribution in [0.5, 0.6) is 5.75 Å². The third-order valence-electron chi connectivity index (χ3n) is 7.25. The van der Waals surface area contributed by atoms with Crippen LogP contribution in [0.1, 0.15) is 52.1 Å². The van der Waals surface area contributed by atoms with Crippen LogP contribution in [0.3, 0.4) is 0 Å². The molecule has 1 aromatic heterocycles. The number of nitrogens with one attached hydrogen (secondary N) is 1. The van der Waals surface area contributed by atoms with Crippen LogP contribution in [-0.2, 0) is 9.53 Å². The maximum atomic E-state index is 13.7. The molecule has 0 spiro atoms. The minimum Gasteiger partial charge on any atom is -0.497 e. The molecule has 2 aromatic rings. The fourth-order valence-corrected chi connectivity index (χ4v) is 5.86. The number of amides is 3. The summed E-state index contributed by atoms with van der Waals surface area (Å²) < 4.78 is 10.6. The van der Waals surface area contributed by atoms with Crippen molar-refractivity contribution in [2.24, 2.45) is 5.73 Å². The van der Waals surface area contributed by atoms with E-state index in [1.165, 1.54) is 11.3 Å². The molecule has 2 atom stereocenters. The second-order valence-electron chi connectivity index (χ2n) is 9.68. The summed E-state index contributed by atoms with van der Waals surface area (Å²) in [6.07, 6.45) is 3.73. The quantitative estimate of drug-likeness (QED) is 0.517. The molecule has 1 aliphatic carbocycles. The van der Waals surface area contributed by atoms with E-state index in [0.717, 1.165) is 25.7 Å². The molecule has 2 unspecified atom stereocenters. The molecule has 3 N–H and O–H groups in total. The van der Waals surface area contributed by atoms with Gasteiger partial charge in [0.05, 0.1) is 24.6 Å². The van der Waals surface area contributed by atoms with E-state index in [2.05, 4.69) is 5.32 Å². The predicted octanol–water partition coefficient (Wildman–Crippen LogP) is 2.51. The van der Waals surface area contributed by atoms with Crippen molar-refractivity contribution in [2.75, 3.05) is 33.9 Å². The van der Waals surface area contributed by atoms with E-state index in [1.807, 2.05) is 11.4 Å². The lowest BCUT2D eigenvalue weighted by Gasteiger charge is -2.30. The van der Waals surface area contributed by atoms with Gasteiger partial charge in [-0.15, -0.1) is 11.3 Å². The van der Waals surface area contributed by atoms with Gasteiger partial charge in [-0.2, -0.15) is 0 Å². The van der Waals surface area contributed by atoms with Crippen LogP contribution in [0.4, 0.5) is 0 Å². The van der Waals surface area contributed by atoms with Gasteiger partial charge in [0.1, 0.15) is 11.8 Å². The summed E-state index contributed by atoms with van der Waals surface area (Å²) in [7, 11) is 3.14. The van der Waals surface area contributed by atoms with Crippen LogP contribution in [0.25, 0.3) is 0 Å². The minimum atomic E-state index is -0.694. The number of nitrogens with zero attached hydrogens (tertiary/aromatic N) is 2. The van der Waals surface area contributed by atoms with Crippen molar-refractivity contribution in [3.63, 3.8) is 0 Å². The van der Waals surface area contributed by atoms with E-state index < -0.39 is 6.04 Å². The third-order valence-corrected chi connectivity index (χ3v) is 8.11. The van der Waals surface area contributed by atoms with Gasteiger partial charge in [0.2, 0.25) is 5.91 Å². The van der Waals surface area contributed by atoms with Crippen LogP contribution in [0.2, 0.25) is 0 Å². The molecule has 2 fully saturated rings. The number of thiophene rings is 1. The molecule has 0 radical (unpaired) electrons. The van der Waals surface area contributed by atoms with Crippen molar-refractivity contribution in [2.45, 2.75) is 56.3 Å². The molecular formula is C27H36N4O5S. The average Bonchev–Trinajstić information content (AvgIpc) is 3.61. The maximum absolute atomic E-state index is 13.7. The summed E-state index contributed by atoms with van der Waals surface area (Å²) in [5.41, 5.74) is 6.48. The monoisotopic (exact) mass is 528 g/mol. The van der Waals surface area contributed by atoms with Gasteiger partial charge in [0.15, 0.2) is 0 Å². The number of rotatable bonds is 9. The molecule has 2 aliphatic rings. The molecule has 1 aromatic carbocycles. The number of benzene rings is 1. The fraction of sp³-hybridized carbons (Fsp3) is 0.519. The molecule has 0 bridgehead atoms. The lowest BCUT2D eigenvalue weighted by molar-refractivity contribution is -0.125. The van der Waals surface area contributed by atoms with Crippen molar-refractivity contribution in [3.8, 4) is 5.75 Å². The van der Waals surface area contributed by atoms with Crippen LogP contribution < -0.4 is 15.8 Å². The predicted molar refractivity (Wildman–Crippen MR) is 142 cm³/mol. The molecule has 200 valence electrons. The van der Waals surface area contributed by atoms with Crippen molar-refractivity contribution in [3.05, 3.63) is 52.2 Å². The molecule has 1 saturated heterocycles. The van der Waals surface area contributed by atoms with Gasteiger partial charge >= 0.3 is 0 Å². The van der Waals surface area contributed by atoms with Crippen LogP contribution >= 0.6 is 11.3 Å². The first-order valence-electron chi connectivity index (χ1n) is 12.8. The molecule has 10 heteroatoms. The summed E-state index contributed by atoms with van der Waals surface area (Å²) in [6.45, 7) is 0.981. The Kier molecular flexibility index (Phi) is 9.18. The second kappa shape index (κ2) is 12.5. The first-order chi connectivity index (χ1) is 17.9. The molecule has 3 amide bonds. The number of hydrogen-bond acceptors (Lipinski definition) is 7. The topological polar surface area (TPSA) is 114 Å². The van der Waals surface area contributed by atoms with Gasteiger partial charge in [-0.25, -0.2) is 0 Å². The normalized spacial score (nSPS) is 23.5. The lowest BCUT2D eigenvalue weighted by atomic mass is 9.91. The van der Waals surface area contributed by atoms with Crippen LogP contribution in [-0.4, -0.2) is 85.6 Å². The Morgan fingerprint density at radius 3 is 2.59 bits per heavy atom. The lowest BCUT2D eigenvalue weighted by Crippen LogP contribution is -2.50. The SMILES string of the molecule is COCCN(C(=O)c1cccs1)C1CC(C(=O)NC2CCC(N)CC2)N(C(=O)c2cccc(OC)c2)C1. The summed E-state index contributed by atoms with van der Waals surface area (Å²) in [4.78, 5) is 44.6. The Hall–Kier alpha value is -2.95.